The molecule has 0 aromatic rings. The van der Waals surface area contributed by atoms with Gasteiger partial charge in [0.2, 0.25) is 0 Å². The third-order valence-corrected chi connectivity index (χ3v) is 4.34. The molecule has 4 nitrogen and oxygen atoms in total. The van der Waals surface area contributed by atoms with Crippen molar-refractivity contribution in [3.05, 3.63) is 0 Å². The second-order valence-corrected chi connectivity index (χ2v) is 7.41. The van der Waals surface area contributed by atoms with Gasteiger partial charge in [-0.1, -0.05) is 32.6 Å². The Bertz CT molecular complexity index is 397. The molecule has 0 radical (unpaired) electrons. The Balaban J connectivity index is 2.07. The van der Waals surface area contributed by atoms with Crippen molar-refractivity contribution < 1.29 is 4.79 Å². The maximum Gasteiger partial charge on any atom is 0.254 e. The van der Waals surface area contributed by atoms with Crippen LogP contribution in [0.1, 0.15) is 72.6 Å². The Hall–Kier alpha value is -1.06. The summed E-state index contributed by atoms with van der Waals surface area (Å²) in [5.74, 6) is 1.54. The number of carbonyl (C=O) groups is 1. The first kappa shape index (κ1) is 15.3. The summed E-state index contributed by atoms with van der Waals surface area (Å²) >= 11 is 0. The van der Waals surface area contributed by atoms with Gasteiger partial charge in [-0.05, 0) is 46.0 Å². The highest BCUT2D eigenvalue weighted by atomic mass is 16.2. The monoisotopic (exact) mass is 279 g/mol. The van der Waals surface area contributed by atoms with Crippen LogP contribution in [-0.2, 0) is 4.79 Å². The molecule has 0 aromatic carbocycles. The van der Waals surface area contributed by atoms with Crippen LogP contribution in [0.5, 0.6) is 0 Å². The molecule has 1 saturated carbocycles. The van der Waals surface area contributed by atoms with Gasteiger partial charge in [0.1, 0.15) is 5.54 Å². The van der Waals surface area contributed by atoms with E-state index in [1.807, 2.05) is 0 Å². The highest BCUT2D eigenvalue weighted by Crippen LogP contribution is 2.37. The maximum atomic E-state index is 12.4. The van der Waals surface area contributed by atoms with E-state index in [-0.39, 0.29) is 11.4 Å². The fraction of sp³-hybridized carbons (Fsp3) is 0.875. The van der Waals surface area contributed by atoms with Crippen LogP contribution < -0.4 is 10.6 Å². The second-order valence-electron chi connectivity index (χ2n) is 7.41. The average molecular weight is 279 g/mol. The van der Waals surface area contributed by atoms with Crippen molar-refractivity contribution >= 4 is 11.9 Å². The Labute approximate surface area is 122 Å². The third kappa shape index (κ3) is 3.53. The van der Waals surface area contributed by atoms with Crippen LogP contribution in [0.2, 0.25) is 0 Å². The fourth-order valence-corrected chi connectivity index (χ4v) is 3.36. The summed E-state index contributed by atoms with van der Waals surface area (Å²) < 4.78 is 0. The molecule has 1 heterocycles. The van der Waals surface area contributed by atoms with Crippen molar-refractivity contribution in [2.45, 2.75) is 83.7 Å². The fourth-order valence-electron chi connectivity index (χ4n) is 3.36. The number of aliphatic imine (C=N–C) groups is 1. The molecule has 1 aliphatic carbocycles. The van der Waals surface area contributed by atoms with Gasteiger partial charge in [0, 0.05) is 5.54 Å². The number of amides is 1. The average Bonchev–Trinajstić information content (AvgIpc) is 2.49. The van der Waals surface area contributed by atoms with Gasteiger partial charge in [0.25, 0.3) is 5.91 Å². The lowest BCUT2D eigenvalue weighted by Crippen LogP contribution is -2.47. The highest BCUT2D eigenvalue weighted by Gasteiger charge is 2.44. The molecule has 2 unspecified atom stereocenters. The number of nitrogens with one attached hydrogen (secondary N) is 2. The predicted octanol–water partition coefficient (Wildman–Crippen LogP) is 2.98. The largest absolute Gasteiger partial charge is 0.351 e. The lowest BCUT2D eigenvalue weighted by Gasteiger charge is -2.21. The molecule has 1 aliphatic heterocycles. The van der Waals surface area contributed by atoms with Gasteiger partial charge in [0.15, 0.2) is 5.96 Å². The van der Waals surface area contributed by atoms with Gasteiger partial charge >= 0.3 is 0 Å². The van der Waals surface area contributed by atoms with E-state index in [0.717, 1.165) is 31.6 Å². The SMILES string of the molecule is CCCC1CCCC2(CC1)N=C(NC(C)(C)C)NC2=O. The molecule has 2 N–H and O–H groups in total. The lowest BCUT2D eigenvalue weighted by molar-refractivity contribution is -0.124. The van der Waals surface area contributed by atoms with Crippen molar-refractivity contribution in [1.82, 2.24) is 10.6 Å². The Morgan fingerprint density at radius 1 is 1.35 bits per heavy atom. The molecule has 2 atom stereocenters. The van der Waals surface area contributed by atoms with Gasteiger partial charge in [-0.3, -0.25) is 10.1 Å². The van der Waals surface area contributed by atoms with E-state index < -0.39 is 5.54 Å². The van der Waals surface area contributed by atoms with Crippen molar-refractivity contribution in [1.29, 1.82) is 0 Å². The maximum absolute atomic E-state index is 12.4. The molecule has 20 heavy (non-hydrogen) atoms. The lowest BCUT2D eigenvalue weighted by atomic mass is 9.89. The third-order valence-electron chi connectivity index (χ3n) is 4.34. The zero-order valence-electron chi connectivity index (χ0n) is 13.4. The number of rotatable bonds is 2. The van der Waals surface area contributed by atoms with E-state index in [1.165, 1.54) is 19.3 Å². The number of nitrogens with zero attached hydrogens (tertiary/aromatic N) is 1. The minimum absolute atomic E-state index is 0.0763. The summed E-state index contributed by atoms with van der Waals surface area (Å²) in [6, 6.07) is 0. The molecule has 1 amide bonds. The van der Waals surface area contributed by atoms with Crippen LogP contribution in [-0.4, -0.2) is 22.9 Å². The standard InChI is InChI=1S/C16H29N3O/c1-5-7-12-8-6-10-16(11-9-12)13(20)17-14(19-16)18-15(2,3)4/h12H,5-11H2,1-4H3,(H2,17,18,19,20). The zero-order chi connectivity index (χ0) is 14.8. The first-order valence-electron chi connectivity index (χ1n) is 8.04. The van der Waals surface area contributed by atoms with Crippen LogP contribution in [0.15, 0.2) is 4.99 Å². The first-order chi connectivity index (χ1) is 9.35. The molecule has 1 spiro atoms. The second kappa shape index (κ2) is 5.74. The van der Waals surface area contributed by atoms with E-state index in [9.17, 15) is 4.79 Å². The smallest absolute Gasteiger partial charge is 0.254 e. The molecule has 114 valence electrons. The Morgan fingerprint density at radius 2 is 2.10 bits per heavy atom. The number of carbonyl (C=O) groups excluding carboxylic acids is 1. The number of guanidine groups is 1. The van der Waals surface area contributed by atoms with Crippen LogP contribution in [0.3, 0.4) is 0 Å². The van der Waals surface area contributed by atoms with Gasteiger partial charge in [-0.25, -0.2) is 4.99 Å². The first-order valence-corrected chi connectivity index (χ1v) is 8.04. The Morgan fingerprint density at radius 3 is 2.75 bits per heavy atom. The van der Waals surface area contributed by atoms with Crippen molar-refractivity contribution in [2.75, 3.05) is 0 Å². The van der Waals surface area contributed by atoms with E-state index in [4.69, 9.17) is 4.99 Å². The van der Waals surface area contributed by atoms with Crippen molar-refractivity contribution in [3.63, 3.8) is 0 Å². The Kier molecular flexibility index (Phi) is 4.40. The number of hydrogen-bond donors (Lipinski definition) is 2. The molecule has 0 saturated heterocycles. The topological polar surface area (TPSA) is 53.5 Å². The van der Waals surface area contributed by atoms with E-state index in [2.05, 4.69) is 38.3 Å². The molecule has 4 heteroatoms. The molecule has 2 rings (SSSR count). The van der Waals surface area contributed by atoms with Gasteiger partial charge in [-0.2, -0.15) is 0 Å². The van der Waals surface area contributed by atoms with Gasteiger partial charge in [0.05, 0.1) is 0 Å². The van der Waals surface area contributed by atoms with E-state index in [0.29, 0.717) is 5.96 Å². The molecular weight excluding hydrogens is 250 g/mol. The van der Waals surface area contributed by atoms with Crippen LogP contribution in [0, 0.1) is 5.92 Å². The van der Waals surface area contributed by atoms with Crippen molar-refractivity contribution in [2.24, 2.45) is 10.9 Å². The summed E-state index contributed by atoms with van der Waals surface area (Å²) in [7, 11) is 0. The quantitative estimate of drug-likeness (QED) is 0.816. The normalized spacial score (nSPS) is 30.9. The molecular formula is C16H29N3O. The van der Waals surface area contributed by atoms with E-state index in [1.54, 1.807) is 0 Å². The summed E-state index contributed by atoms with van der Waals surface area (Å²) in [4.78, 5) is 17.1. The predicted molar refractivity (Wildman–Crippen MR) is 82.7 cm³/mol. The summed E-state index contributed by atoms with van der Waals surface area (Å²) in [6.07, 6.45) is 7.82. The van der Waals surface area contributed by atoms with Crippen LogP contribution in [0.25, 0.3) is 0 Å². The van der Waals surface area contributed by atoms with Crippen molar-refractivity contribution in [3.8, 4) is 0 Å². The zero-order valence-corrected chi connectivity index (χ0v) is 13.4. The number of hydrogen-bond acceptors (Lipinski definition) is 3. The van der Waals surface area contributed by atoms with Gasteiger partial charge < -0.3 is 5.32 Å². The summed E-state index contributed by atoms with van der Waals surface area (Å²) in [5, 5.41) is 6.24. The molecule has 0 bridgehead atoms. The summed E-state index contributed by atoms with van der Waals surface area (Å²) in [5.41, 5.74) is -0.566. The van der Waals surface area contributed by atoms with Crippen LogP contribution in [0.4, 0.5) is 0 Å². The van der Waals surface area contributed by atoms with Crippen LogP contribution >= 0.6 is 0 Å². The highest BCUT2D eigenvalue weighted by molar-refractivity contribution is 6.07. The van der Waals surface area contributed by atoms with E-state index >= 15 is 0 Å². The minimum Gasteiger partial charge on any atom is -0.351 e. The molecule has 2 aliphatic rings. The molecule has 1 fully saturated rings. The molecule has 0 aromatic heterocycles. The summed E-state index contributed by atoms with van der Waals surface area (Å²) in [6.45, 7) is 8.48. The minimum atomic E-state index is -0.490. The van der Waals surface area contributed by atoms with Gasteiger partial charge in [-0.15, -0.1) is 0 Å².